The first-order valence-electron chi connectivity index (χ1n) is 3.76. The maximum atomic E-state index is 10.6. The van der Waals surface area contributed by atoms with Crippen LogP contribution in [0.2, 0.25) is 0 Å². The van der Waals surface area contributed by atoms with Gasteiger partial charge >= 0.3 is 11.9 Å². The summed E-state index contributed by atoms with van der Waals surface area (Å²) in [6.45, 7) is 0. The third-order valence-electron chi connectivity index (χ3n) is 1.58. The smallest absolute Gasteiger partial charge is 0.354 e. The molecule has 1 rings (SSSR count). The van der Waals surface area contributed by atoms with Gasteiger partial charge in [-0.3, -0.25) is 0 Å². The standard InChI is InChI=1S/C8H7NO6/c10-6(11)3-1-4(7(12)13)9-5(2-3)8(14)15/h1-2,7,12-13H,(H,10,11)(H,14,15). The van der Waals surface area contributed by atoms with Crippen molar-refractivity contribution in [3.63, 3.8) is 0 Å². The van der Waals surface area contributed by atoms with E-state index in [0.717, 1.165) is 12.1 Å². The van der Waals surface area contributed by atoms with Crippen molar-refractivity contribution in [2.24, 2.45) is 0 Å². The molecule has 7 heteroatoms. The van der Waals surface area contributed by atoms with E-state index in [2.05, 4.69) is 4.98 Å². The summed E-state index contributed by atoms with van der Waals surface area (Å²) >= 11 is 0. The Morgan fingerprint density at radius 2 is 1.73 bits per heavy atom. The third-order valence-corrected chi connectivity index (χ3v) is 1.58. The highest BCUT2D eigenvalue weighted by Crippen LogP contribution is 2.12. The van der Waals surface area contributed by atoms with Crippen LogP contribution in [0.25, 0.3) is 0 Å². The topological polar surface area (TPSA) is 128 Å². The zero-order valence-electron chi connectivity index (χ0n) is 7.28. The molecule has 0 aliphatic heterocycles. The van der Waals surface area contributed by atoms with Crippen LogP contribution in [0.3, 0.4) is 0 Å². The fraction of sp³-hybridized carbons (Fsp3) is 0.125. The molecule has 1 aromatic rings. The van der Waals surface area contributed by atoms with Gasteiger partial charge in [-0.2, -0.15) is 0 Å². The number of carbonyl (C=O) groups is 2. The van der Waals surface area contributed by atoms with Crippen LogP contribution in [-0.4, -0.2) is 37.3 Å². The van der Waals surface area contributed by atoms with E-state index in [4.69, 9.17) is 20.4 Å². The predicted octanol–water partition coefficient (Wildman–Crippen LogP) is -0.539. The van der Waals surface area contributed by atoms with E-state index in [1.54, 1.807) is 0 Å². The number of aliphatic hydroxyl groups is 2. The number of carboxylic acid groups (broad SMARTS) is 2. The van der Waals surface area contributed by atoms with Crippen molar-refractivity contribution in [2.75, 3.05) is 0 Å². The van der Waals surface area contributed by atoms with Crippen LogP contribution in [0, 0.1) is 0 Å². The van der Waals surface area contributed by atoms with Crippen molar-refractivity contribution in [1.82, 2.24) is 4.98 Å². The SMILES string of the molecule is O=C(O)c1cc(C(=O)O)nc(C(O)O)c1. The van der Waals surface area contributed by atoms with Gasteiger partial charge < -0.3 is 20.4 Å². The van der Waals surface area contributed by atoms with Crippen LogP contribution in [0.4, 0.5) is 0 Å². The van der Waals surface area contributed by atoms with E-state index < -0.39 is 29.6 Å². The highest BCUT2D eigenvalue weighted by molar-refractivity contribution is 5.92. The summed E-state index contributed by atoms with van der Waals surface area (Å²) in [5.41, 5.74) is -1.35. The number of aromatic nitrogens is 1. The van der Waals surface area contributed by atoms with Gasteiger partial charge in [-0.1, -0.05) is 0 Å². The lowest BCUT2D eigenvalue weighted by atomic mass is 10.2. The first-order valence-corrected chi connectivity index (χ1v) is 3.76. The summed E-state index contributed by atoms with van der Waals surface area (Å²) in [7, 11) is 0. The lowest BCUT2D eigenvalue weighted by Gasteiger charge is -2.05. The minimum absolute atomic E-state index is 0.370. The lowest BCUT2D eigenvalue weighted by molar-refractivity contribution is -0.0459. The molecule has 0 atom stereocenters. The molecule has 0 spiro atoms. The molecule has 4 N–H and O–H groups in total. The van der Waals surface area contributed by atoms with Gasteiger partial charge in [0.1, 0.15) is 5.69 Å². The fourth-order valence-electron chi connectivity index (χ4n) is 0.917. The minimum Gasteiger partial charge on any atom is -0.478 e. The molecule has 0 saturated heterocycles. The second-order valence-electron chi connectivity index (χ2n) is 2.65. The molecule has 80 valence electrons. The minimum atomic E-state index is -2.01. The molecule has 0 aliphatic carbocycles. The average molecular weight is 213 g/mol. The molecule has 1 aromatic heterocycles. The first kappa shape index (κ1) is 11.1. The van der Waals surface area contributed by atoms with Gasteiger partial charge in [-0.25, -0.2) is 14.6 Å². The van der Waals surface area contributed by atoms with Crippen molar-refractivity contribution >= 4 is 11.9 Å². The molecule has 0 unspecified atom stereocenters. The molecule has 0 saturated carbocycles. The Bertz CT molecular complexity index is 381. The predicted molar refractivity (Wildman–Crippen MR) is 45.3 cm³/mol. The Morgan fingerprint density at radius 3 is 2.13 bits per heavy atom. The van der Waals surface area contributed by atoms with Crippen LogP contribution in [-0.2, 0) is 0 Å². The number of hydrogen-bond acceptors (Lipinski definition) is 5. The fourth-order valence-corrected chi connectivity index (χ4v) is 0.917. The molecular weight excluding hydrogens is 206 g/mol. The number of carboxylic acids is 2. The van der Waals surface area contributed by atoms with Crippen molar-refractivity contribution < 1.29 is 30.0 Å². The average Bonchev–Trinajstić information content (AvgIpc) is 2.16. The van der Waals surface area contributed by atoms with E-state index in [1.165, 1.54) is 0 Å². The van der Waals surface area contributed by atoms with Crippen LogP contribution < -0.4 is 0 Å². The number of hydrogen-bond donors (Lipinski definition) is 4. The highest BCUT2D eigenvalue weighted by Gasteiger charge is 2.15. The van der Waals surface area contributed by atoms with Gasteiger partial charge in [-0.15, -0.1) is 0 Å². The van der Waals surface area contributed by atoms with Crippen molar-refractivity contribution in [2.45, 2.75) is 6.29 Å². The number of aromatic carboxylic acids is 2. The Balaban J connectivity index is 3.32. The number of aliphatic hydroxyl groups excluding tert-OH is 1. The summed E-state index contributed by atoms with van der Waals surface area (Å²) < 4.78 is 0. The van der Waals surface area contributed by atoms with Crippen molar-refractivity contribution in [3.05, 3.63) is 29.1 Å². The summed E-state index contributed by atoms with van der Waals surface area (Å²) in [4.78, 5) is 24.5. The summed E-state index contributed by atoms with van der Waals surface area (Å²) in [6, 6.07) is 1.72. The summed E-state index contributed by atoms with van der Waals surface area (Å²) in [5.74, 6) is -2.82. The van der Waals surface area contributed by atoms with E-state index in [-0.39, 0.29) is 5.56 Å². The molecule has 7 nitrogen and oxygen atoms in total. The van der Waals surface area contributed by atoms with Crippen LogP contribution in [0.5, 0.6) is 0 Å². The normalized spacial score (nSPS) is 10.3. The first-order chi connectivity index (χ1) is 6.91. The molecule has 0 radical (unpaired) electrons. The Hall–Kier alpha value is -1.99. The maximum absolute atomic E-state index is 10.6. The summed E-state index contributed by atoms with van der Waals surface area (Å²) in [5, 5.41) is 34.7. The highest BCUT2D eigenvalue weighted by atomic mass is 16.5. The van der Waals surface area contributed by atoms with Gasteiger partial charge in [0.2, 0.25) is 0 Å². The van der Waals surface area contributed by atoms with Gasteiger partial charge in [0.25, 0.3) is 0 Å². The quantitative estimate of drug-likeness (QED) is 0.496. The molecular formula is C8H7NO6. The monoisotopic (exact) mass is 213 g/mol. The maximum Gasteiger partial charge on any atom is 0.354 e. The largest absolute Gasteiger partial charge is 0.478 e. The Labute approximate surface area is 83.2 Å². The number of rotatable bonds is 3. The number of nitrogens with zero attached hydrogens (tertiary/aromatic N) is 1. The van der Waals surface area contributed by atoms with Crippen LogP contribution in [0.1, 0.15) is 32.8 Å². The summed E-state index contributed by atoms with van der Waals surface area (Å²) in [6.07, 6.45) is -2.01. The Kier molecular flexibility index (Phi) is 2.98. The molecule has 1 heterocycles. The molecule has 0 bridgehead atoms. The molecule has 0 aliphatic rings. The second-order valence-corrected chi connectivity index (χ2v) is 2.65. The molecule has 0 amide bonds. The molecule has 15 heavy (non-hydrogen) atoms. The number of pyridine rings is 1. The van der Waals surface area contributed by atoms with Crippen LogP contribution >= 0.6 is 0 Å². The van der Waals surface area contributed by atoms with Crippen molar-refractivity contribution in [3.8, 4) is 0 Å². The van der Waals surface area contributed by atoms with E-state index in [0.29, 0.717) is 0 Å². The van der Waals surface area contributed by atoms with Gasteiger partial charge in [0, 0.05) is 0 Å². The zero-order chi connectivity index (χ0) is 11.6. The van der Waals surface area contributed by atoms with Gasteiger partial charge in [-0.05, 0) is 12.1 Å². The van der Waals surface area contributed by atoms with E-state index in [1.807, 2.05) is 0 Å². The third kappa shape index (κ3) is 2.48. The van der Waals surface area contributed by atoms with Crippen molar-refractivity contribution in [1.29, 1.82) is 0 Å². The molecule has 0 aromatic carbocycles. The van der Waals surface area contributed by atoms with Crippen LogP contribution in [0.15, 0.2) is 12.1 Å². The Morgan fingerprint density at radius 1 is 1.13 bits per heavy atom. The lowest BCUT2D eigenvalue weighted by Crippen LogP contribution is -2.10. The second kappa shape index (κ2) is 4.03. The zero-order valence-corrected chi connectivity index (χ0v) is 7.28. The van der Waals surface area contributed by atoms with Gasteiger partial charge in [0.05, 0.1) is 11.3 Å². The van der Waals surface area contributed by atoms with E-state index >= 15 is 0 Å². The molecule has 0 fully saturated rings. The van der Waals surface area contributed by atoms with Gasteiger partial charge in [0.15, 0.2) is 6.29 Å². The van der Waals surface area contributed by atoms with E-state index in [9.17, 15) is 9.59 Å².